The van der Waals surface area contributed by atoms with Gasteiger partial charge in [0.1, 0.15) is 0 Å². The van der Waals surface area contributed by atoms with Crippen LogP contribution >= 0.6 is 35.0 Å². The molecule has 86 valence electrons. The van der Waals surface area contributed by atoms with Crippen molar-refractivity contribution in [3.63, 3.8) is 0 Å². The highest BCUT2D eigenvalue weighted by Crippen LogP contribution is 2.26. The Morgan fingerprint density at radius 3 is 2.81 bits per heavy atom. The van der Waals surface area contributed by atoms with Crippen molar-refractivity contribution in [3.8, 4) is 0 Å². The molecule has 1 aromatic carbocycles. The van der Waals surface area contributed by atoms with Gasteiger partial charge in [0.25, 0.3) is 0 Å². The van der Waals surface area contributed by atoms with Gasteiger partial charge < -0.3 is 5.11 Å². The average Bonchev–Trinajstić information content (AvgIpc) is 2.27. The van der Waals surface area contributed by atoms with Crippen LogP contribution < -0.4 is 0 Å². The third kappa shape index (κ3) is 3.74. The highest BCUT2D eigenvalue weighted by Gasteiger charge is 2.09. The quantitative estimate of drug-likeness (QED) is 0.835. The zero-order valence-corrected chi connectivity index (χ0v) is 10.9. The molecule has 1 rings (SSSR count). The first-order chi connectivity index (χ1) is 7.54. The van der Waals surface area contributed by atoms with E-state index in [1.807, 2.05) is 6.92 Å². The number of hydrogen-bond acceptors (Lipinski definition) is 2. The van der Waals surface area contributed by atoms with Crippen LogP contribution in [-0.4, -0.2) is 16.8 Å². The van der Waals surface area contributed by atoms with Gasteiger partial charge >= 0.3 is 5.97 Å². The summed E-state index contributed by atoms with van der Waals surface area (Å²) in [4.78, 5) is 11.7. The van der Waals surface area contributed by atoms with Crippen LogP contribution in [0.1, 0.15) is 17.3 Å². The molecule has 0 amide bonds. The molecule has 0 aliphatic carbocycles. The monoisotopic (exact) mass is 276 g/mol. The summed E-state index contributed by atoms with van der Waals surface area (Å²) in [6.07, 6.45) is 0. The Hall–Kier alpha value is -0.640. The van der Waals surface area contributed by atoms with Gasteiger partial charge in [0.15, 0.2) is 0 Å². The Labute approximate surface area is 108 Å². The second-order valence-electron chi connectivity index (χ2n) is 3.19. The summed E-state index contributed by atoms with van der Waals surface area (Å²) in [5.74, 6) is -0.290. The van der Waals surface area contributed by atoms with E-state index in [9.17, 15) is 4.79 Å². The molecule has 0 bridgehead atoms. The summed E-state index contributed by atoms with van der Waals surface area (Å²) in [7, 11) is 0. The highest BCUT2D eigenvalue weighted by atomic mass is 35.5. The summed E-state index contributed by atoms with van der Waals surface area (Å²) in [5, 5.41) is 9.14. The molecule has 1 N–H and O–H groups in total. The first-order valence-corrected chi connectivity index (χ1v) is 6.26. The number of carboxylic acids is 1. The number of halogens is 2. The Morgan fingerprint density at radius 2 is 2.25 bits per heavy atom. The first kappa shape index (κ1) is 13.4. The van der Waals surface area contributed by atoms with Gasteiger partial charge in [-0.2, -0.15) is 0 Å². The van der Waals surface area contributed by atoms with E-state index in [2.05, 4.69) is 0 Å². The zero-order chi connectivity index (χ0) is 12.1. The molecule has 5 heteroatoms. The van der Waals surface area contributed by atoms with Gasteiger partial charge in [-0.05, 0) is 25.1 Å². The molecule has 0 heterocycles. The van der Waals surface area contributed by atoms with E-state index in [1.165, 1.54) is 17.3 Å². The Morgan fingerprint density at radius 1 is 1.56 bits per heavy atom. The van der Waals surface area contributed by atoms with Crippen molar-refractivity contribution < 1.29 is 9.90 Å². The molecule has 0 aromatic heterocycles. The topological polar surface area (TPSA) is 37.3 Å². The molecule has 0 aliphatic heterocycles. The molecule has 0 aliphatic rings. The molecule has 2 nitrogen and oxygen atoms in total. The third-order valence-corrected chi connectivity index (χ3v) is 3.71. The Bertz CT molecular complexity index is 430. The van der Waals surface area contributed by atoms with Crippen LogP contribution in [0.3, 0.4) is 0 Å². The fourth-order valence-electron chi connectivity index (χ4n) is 0.987. The molecule has 0 radical (unpaired) electrons. The summed E-state index contributed by atoms with van der Waals surface area (Å²) in [6, 6.07) is 4.95. The van der Waals surface area contributed by atoms with Gasteiger partial charge in [-0.1, -0.05) is 28.8 Å². The minimum absolute atomic E-state index is 0.124. The lowest BCUT2D eigenvalue weighted by molar-refractivity contribution is 0.0697. The number of rotatable bonds is 4. The van der Waals surface area contributed by atoms with Crippen LogP contribution in [0.4, 0.5) is 0 Å². The summed E-state index contributed by atoms with van der Waals surface area (Å²) in [6.45, 7) is 1.91. The van der Waals surface area contributed by atoms with E-state index >= 15 is 0 Å². The summed E-state index contributed by atoms with van der Waals surface area (Å²) in [5.41, 5.74) is 2.67. The van der Waals surface area contributed by atoms with Crippen LogP contribution in [-0.2, 0) is 0 Å². The van der Waals surface area contributed by atoms with Crippen LogP contribution in [0, 0.1) is 0 Å². The molecule has 16 heavy (non-hydrogen) atoms. The van der Waals surface area contributed by atoms with E-state index < -0.39 is 5.97 Å². The number of thioether (sulfide) groups is 1. The van der Waals surface area contributed by atoms with Crippen LogP contribution in [0.25, 0.3) is 0 Å². The zero-order valence-electron chi connectivity index (χ0n) is 8.54. The van der Waals surface area contributed by atoms with Gasteiger partial charge in [0, 0.05) is 16.2 Å². The summed E-state index contributed by atoms with van der Waals surface area (Å²) < 4.78 is 0. The lowest BCUT2D eigenvalue weighted by Gasteiger charge is -2.04. The maximum absolute atomic E-state index is 10.8. The molecule has 0 atom stereocenters. The van der Waals surface area contributed by atoms with Crippen molar-refractivity contribution >= 4 is 40.9 Å². The number of carbonyl (C=O) groups is 1. The number of aromatic carboxylic acids is 1. The summed E-state index contributed by atoms with van der Waals surface area (Å²) >= 11 is 12.8. The van der Waals surface area contributed by atoms with E-state index in [0.29, 0.717) is 0 Å². The predicted molar refractivity (Wildman–Crippen MR) is 68.7 cm³/mol. The van der Waals surface area contributed by atoms with Gasteiger partial charge in [-0.15, -0.1) is 11.8 Å². The van der Waals surface area contributed by atoms with E-state index in [4.69, 9.17) is 28.3 Å². The lowest BCUT2D eigenvalue weighted by Crippen LogP contribution is -1.97. The number of carboxylic acid groups (broad SMARTS) is 1. The maximum Gasteiger partial charge on any atom is 0.337 e. The van der Waals surface area contributed by atoms with Crippen molar-refractivity contribution in [2.75, 3.05) is 5.75 Å². The maximum atomic E-state index is 10.8. The van der Waals surface area contributed by atoms with E-state index in [0.717, 1.165) is 16.2 Å². The molecule has 0 saturated carbocycles. The van der Waals surface area contributed by atoms with Gasteiger partial charge in [-0.25, -0.2) is 4.79 Å². The minimum atomic E-state index is -1.02. The molecule has 0 saturated heterocycles. The predicted octanol–water partition coefficient (Wildman–Crippen LogP) is 4.27. The SMILES string of the molecule is C/C(=C/Cl)CSc1ccc(Cl)c(C(=O)O)c1. The second-order valence-corrected chi connectivity index (χ2v) is 4.87. The standard InChI is InChI=1S/C11H10Cl2O2S/c1-7(5-12)6-16-8-2-3-10(13)9(4-8)11(14)15/h2-5H,6H2,1H3,(H,14,15)/b7-5-. The highest BCUT2D eigenvalue weighted by molar-refractivity contribution is 7.99. The van der Waals surface area contributed by atoms with Crippen molar-refractivity contribution in [2.45, 2.75) is 11.8 Å². The molecule has 0 unspecified atom stereocenters. The molecular formula is C11H10Cl2O2S. The van der Waals surface area contributed by atoms with Gasteiger partial charge in [0.2, 0.25) is 0 Å². The first-order valence-electron chi connectivity index (χ1n) is 4.46. The normalized spacial score (nSPS) is 11.6. The fraction of sp³-hybridized carbons (Fsp3) is 0.182. The second kappa shape index (κ2) is 6.18. The van der Waals surface area contributed by atoms with Crippen molar-refractivity contribution in [2.24, 2.45) is 0 Å². The Kier molecular flexibility index (Phi) is 5.19. The Balaban J connectivity index is 2.83. The fourth-order valence-corrected chi connectivity index (χ4v) is 2.20. The number of hydrogen-bond donors (Lipinski definition) is 1. The largest absolute Gasteiger partial charge is 0.478 e. The average molecular weight is 277 g/mol. The third-order valence-electron chi connectivity index (χ3n) is 1.82. The lowest BCUT2D eigenvalue weighted by atomic mass is 10.2. The van der Waals surface area contributed by atoms with Gasteiger partial charge in [0.05, 0.1) is 10.6 Å². The molecular weight excluding hydrogens is 267 g/mol. The minimum Gasteiger partial charge on any atom is -0.478 e. The van der Waals surface area contributed by atoms with E-state index in [-0.39, 0.29) is 10.6 Å². The van der Waals surface area contributed by atoms with Gasteiger partial charge in [-0.3, -0.25) is 0 Å². The number of benzene rings is 1. The van der Waals surface area contributed by atoms with Crippen molar-refractivity contribution in [3.05, 3.63) is 39.9 Å². The molecule has 0 spiro atoms. The van der Waals surface area contributed by atoms with E-state index in [1.54, 1.807) is 18.2 Å². The molecule has 0 fully saturated rings. The van der Waals surface area contributed by atoms with Crippen LogP contribution in [0.15, 0.2) is 34.2 Å². The van der Waals surface area contributed by atoms with Crippen LogP contribution in [0.5, 0.6) is 0 Å². The van der Waals surface area contributed by atoms with Crippen molar-refractivity contribution in [1.82, 2.24) is 0 Å². The molecule has 1 aromatic rings. The van der Waals surface area contributed by atoms with Crippen molar-refractivity contribution in [1.29, 1.82) is 0 Å². The smallest absolute Gasteiger partial charge is 0.337 e. The van der Waals surface area contributed by atoms with Crippen LogP contribution in [0.2, 0.25) is 5.02 Å².